The number of hydrogen-bond acceptors (Lipinski definition) is 10. The normalized spacial score (nSPS) is 22.0. The Morgan fingerprint density at radius 2 is 1.50 bits per heavy atom. The maximum Gasteiger partial charge on any atom is 0.490 e. The predicted molar refractivity (Wildman–Crippen MR) is 196 cm³/mol. The minimum Gasteiger partial charge on any atom is -0.475 e. The molecule has 290 valence electrons. The first-order valence-corrected chi connectivity index (χ1v) is 18.5. The number of fused-ring (bicyclic) bond motifs is 1. The van der Waals surface area contributed by atoms with E-state index in [0.717, 1.165) is 38.9 Å². The van der Waals surface area contributed by atoms with Gasteiger partial charge < -0.3 is 40.7 Å². The van der Waals surface area contributed by atoms with E-state index in [4.69, 9.17) is 24.9 Å². The first-order chi connectivity index (χ1) is 26.0. The van der Waals surface area contributed by atoms with Gasteiger partial charge in [0.1, 0.15) is 12.2 Å². The Labute approximate surface area is 311 Å². The maximum atomic E-state index is 12.7. The molecule has 16 heteroatoms. The molecule has 6 N–H and O–H groups in total. The van der Waals surface area contributed by atoms with Crippen molar-refractivity contribution < 1.29 is 38.1 Å². The molecule has 3 heterocycles. The van der Waals surface area contributed by atoms with Crippen LogP contribution in [0.15, 0.2) is 67.0 Å². The molecular weight excluding hydrogens is 705 g/mol. The molecule has 13 nitrogen and oxygen atoms in total. The highest BCUT2D eigenvalue weighted by atomic mass is 19.4. The van der Waals surface area contributed by atoms with Crippen LogP contribution in [0.2, 0.25) is 0 Å². The highest BCUT2D eigenvalue weighted by Gasteiger charge is 2.45. The number of halogens is 3. The van der Waals surface area contributed by atoms with Crippen molar-refractivity contribution in [1.29, 1.82) is 0 Å². The number of amides is 1. The minimum absolute atomic E-state index is 0.00279. The van der Waals surface area contributed by atoms with E-state index >= 15 is 0 Å². The molecule has 0 spiro atoms. The average Bonchev–Trinajstić information content (AvgIpc) is 3.68. The lowest BCUT2D eigenvalue weighted by molar-refractivity contribution is -0.192. The molecule has 2 saturated carbocycles. The summed E-state index contributed by atoms with van der Waals surface area (Å²) in [5.74, 6) is -1.63. The van der Waals surface area contributed by atoms with Gasteiger partial charge in [0.2, 0.25) is 11.9 Å². The number of carboxylic acids is 1. The van der Waals surface area contributed by atoms with Crippen LogP contribution in [0.3, 0.4) is 0 Å². The molecule has 1 amide bonds. The van der Waals surface area contributed by atoms with E-state index in [1.54, 1.807) is 6.33 Å². The maximum absolute atomic E-state index is 12.7. The number of nitrogens with zero attached hydrogens (tertiary/aromatic N) is 5. The molecule has 2 aromatic carbocycles. The van der Waals surface area contributed by atoms with Crippen LogP contribution in [0, 0.1) is 5.92 Å². The fourth-order valence-corrected chi connectivity index (χ4v) is 7.27. The summed E-state index contributed by atoms with van der Waals surface area (Å²) in [6.45, 7) is 4.42. The number of benzene rings is 2. The molecule has 0 radical (unpaired) electrons. The van der Waals surface area contributed by atoms with E-state index in [1.165, 1.54) is 30.4 Å². The fourth-order valence-electron chi connectivity index (χ4n) is 7.27. The van der Waals surface area contributed by atoms with Crippen LogP contribution in [0.5, 0.6) is 0 Å². The van der Waals surface area contributed by atoms with Crippen molar-refractivity contribution in [2.45, 2.75) is 81.3 Å². The summed E-state index contributed by atoms with van der Waals surface area (Å²) >= 11 is 0. The van der Waals surface area contributed by atoms with Gasteiger partial charge in [0.05, 0.1) is 18.4 Å². The van der Waals surface area contributed by atoms with Gasteiger partial charge in [-0.1, -0.05) is 73.5 Å². The number of aliphatic hydroxyl groups is 2. The van der Waals surface area contributed by atoms with Crippen molar-refractivity contribution in [3.05, 3.63) is 78.1 Å². The number of aliphatic hydroxyl groups excluding tert-OH is 2. The first kappa shape index (κ1) is 38.9. The molecule has 1 aliphatic heterocycles. The lowest BCUT2D eigenvalue weighted by Gasteiger charge is -2.27. The highest BCUT2D eigenvalue weighted by Crippen LogP contribution is 2.36. The van der Waals surface area contributed by atoms with Gasteiger partial charge in [0, 0.05) is 31.5 Å². The highest BCUT2D eigenvalue weighted by molar-refractivity contribution is 5.84. The summed E-state index contributed by atoms with van der Waals surface area (Å²) in [5.41, 5.74) is 3.55. The lowest BCUT2D eigenvalue weighted by Crippen LogP contribution is -2.46. The monoisotopic (exact) mass is 752 g/mol. The van der Waals surface area contributed by atoms with Gasteiger partial charge in [0.25, 0.3) is 0 Å². The van der Waals surface area contributed by atoms with E-state index in [0.29, 0.717) is 42.4 Å². The van der Waals surface area contributed by atoms with E-state index in [1.807, 2.05) is 16.7 Å². The topological polar surface area (TPSA) is 178 Å². The number of imidazole rings is 1. The van der Waals surface area contributed by atoms with Crippen molar-refractivity contribution in [2.75, 3.05) is 43.4 Å². The van der Waals surface area contributed by atoms with Gasteiger partial charge in [-0.2, -0.15) is 23.1 Å². The summed E-state index contributed by atoms with van der Waals surface area (Å²) in [4.78, 5) is 38.6. The van der Waals surface area contributed by atoms with E-state index in [9.17, 15) is 28.2 Å². The summed E-state index contributed by atoms with van der Waals surface area (Å²) in [6.07, 6.45) is 1.37. The van der Waals surface area contributed by atoms with Gasteiger partial charge >= 0.3 is 12.1 Å². The van der Waals surface area contributed by atoms with Crippen LogP contribution in [-0.2, 0) is 9.59 Å². The minimum atomic E-state index is -5.08. The van der Waals surface area contributed by atoms with Crippen molar-refractivity contribution in [1.82, 2.24) is 29.7 Å². The number of piperidine rings is 1. The Morgan fingerprint density at radius 1 is 0.870 bits per heavy atom. The largest absolute Gasteiger partial charge is 0.490 e. The van der Waals surface area contributed by atoms with Gasteiger partial charge in [-0.05, 0) is 56.3 Å². The SMILES string of the molecule is O=C(N[C@H]1C[C@@H](n2cnc3c(NCC(c4ccccc4)c4ccccc4)nc(NCCN4CCCCC4)nc32)[C@H](O)[C@@H]1O)C1CCC1.O=C(O)C(F)(F)F. The number of likely N-dealkylation sites (tertiary alicyclic amines) is 1. The number of anilines is 2. The molecule has 0 bridgehead atoms. The number of aromatic nitrogens is 4. The third-order valence-corrected chi connectivity index (χ3v) is 10.5. The number of carbonyl (C=O) groups excluding carboxylic acids is 1. The van der Waals surface area contributed by atoms with E-state index < -0.39 is 36.4 Å². The quantitative estimate of drug-likeness (QED) is 0.120. The van der Waals surface area contributed by atoms with Crippen molar-refractivity contribution in [3.63, 3.8) is 0 Å². The van der Waals surface area contributed by atoms with Crippen molar-refractivity contribution in [2.24, 2.45) is 5.92 Å². The van der Waals surface area contributed by atoms with Crippen LogP contribution in [0.1, 0.15) is 68.0 Å². The third-order valence-electron chi connectivity index (χ3n) is 10.5. The Morgan fingerprint density at radius 3 is 2.07 bits per heavy atom. The molecule has 3 aliphatic rings. The second kappa shape index (κ2) is 17.6. The molecule has 4 aromatic rings. The van der Waals surface area contributed by atoms with Gasteiger partial charge in [-0.15, -0.1) is 0 Å². The van der Waals surface area contributed by atoms with Gasteiger partial charge in [0.15, 0.2) is 17.0 Å². The number of hydrogen-bond donors (Lipinski definition) is 6. The van der Waals surface area contributed by atoms with Crippen LogP contribution in [0.4, 0.5) is 24.9 Å². The van der Waals surface area contributed by atoms with Gasteiger partial charge in [-0.3, -0.25) is 4.79 Å². The Hall–Kier alpha value is -4.80. The third kappa shape index (κ3) is 9.46. The molecule has 4 atom stereocenters. The zero-order chi connectivity index (χ0) is 38.2. The van der Waals surface area contributed by atoms with Crippen LogP contribution < -0.4 is 16.0 Å². The number of nitrogens with one attached hydrogen (secondary N) is 3. The number of rotatable bonds is 12. The van der Waals surface area contributed by atoms with E-state index in [2.05, 4.69) is 69.4 Å². The molecular formula is C38H47F3N8O5. The second-order valence-corrected chi connectivity index (χ2v) is 14.1. The summed E-state index contributed by atoms with van der Waals surface area (Å²) in [5, 5.41) is 39.4. The van der Waals surface area contributed by atoms with Crippen molar-refractivity contribution >= 4 is 34.8 Å². The van der Waals surface area contributed by atoms with E-state index in [-0.39, 0.29) is 17.7 Å². The molecule has 3 fully saturated rings. The summed E-state index contributed by atoms with van der Waals surface area (Å²) < 4.78 is 33.6. The lowest BCUT2D eigenvalue weighted by atomic mass is 9.84. The molecule has 7 rings (SSSR count). The van der Waals surface area contributed by atoms with Gasteiger partial charge in [-0.25, -0.2) is 9.78 Å². The fraction of sp³-hybridized carbons (Fsp3) is 0.500. The second-order valence-electron chi connectivity index (χ2n) is 14.1. The van der Waals surface area contributed by atoms with Crippen LogP contribution in [0.25, 0.3) is 11.2 Å². The zero-order valence-electron chi connectivity index (χ0n) is 29.8. The Kier molecular flexibility index (Phi) is 12.7. The van der Waals surface area contributed by atoms with Crippen LogP contribution in [-0.4, -0.2) is 109 Å². The molecule has 54 heavy (non-hydrogen) atoms. The summed E-state index contributed by atoms with van der Waals surface area (Å²) in [6, 6.07) is 19.8. The molecule has 2 aromatic heterocycles. The smallest absolute Gasteiger partial charge is 0.475 e. The number of carbonyl (C=O) groups is 2. The molecule has 2 aliphatic carbocycles. The predicted octanol–water partition coefficient (Wildman–Crippen LogP) is 4.55. The Balaban J connectivity index is 0.000000649. The first-order valence-electron chi connectivity index (χ1n) is 18.5. The molecule has 1 saturated heterocycles. The average molecular weight is 753 g/mol. The Bertz CT molecular complexity index is 1800. The molecule has 0 unspecified atom stereocenters. The standard InChI is InChI=1S/C36H46N8O3.C2HF3O2/c45-31-28(40-35(47)26-15-10-16-26)21-29(32(31)46)44-23-39-30-33(41-36(42-34(30)44)37-17-20-43-18-8-3-9-19-43)38-22-27(24-11-4-1-5-12-24)25-13-6-2-7-14-25;3-2(4,5)1(6)7/h1-2,4-7,11-14,23,26-29,31-32,45-46H,3,8-10,15-22H2,(H,40,47)(H2,37,38,41,42);(H,6,7)/t28-,29+,31+,32-;/m0./s1. The van der Waals surface area contributed by atoms with Crippen LogP contribution >= 0.6 is 0 Å². The number of alkyl halides is 3. The van der Waals surface area contributed by atoms with Crippen molar-refractivity contribution in [3.8, 4) is 0 Å². The zero-order valence-corrected chi connectivity index (χ0v) is 29.8. The number of carboxylic acid groups (broad SMARTS) is 1. The number of aliphatic carboxylic acids is 1. The summed E-state index contributed by atoms with van der Waals surface area (Å²) in [7, 11) is 0.